The second-order valence-corrected chi connectivity index (χ2v) is 5.50. The van der Waals surface area contributed by atoms with Crippen molar-refractivity contribution in [1.29, 1.82) is 0 Å². The van der Waals surface area contributed by atoms with Gasteiger partial charge in [-0.1, -0.05) is 0 Å². The number of carbonyl (C=O) groups is 1. The molecule has 0 aromatic heterocycles. The van der Waals surface area contributed by atoms with Gasteiger partial charge in [0.25, 0.3) is 5.69 Å². The molecule has 0 saturated heterocycles. The van der Waals surface area contributed by atoms with Gasteiger partial charge in [-0.2, -0.15) is 0 Å². The van der Waals surface area contributed by atoms with Crippen LogP contribution in [0.4, 0.5) is 17.1 Å². The number of nitro benzene ring substituents is 1. The SMILES string of the molecule is COC1CC(Nc2cc3c(cc2[N+](=O)[O-])NC(=O)CC3)C1. The summed E-state index contributed by atoms with van der Waals surface area (Å²) in [7, 11) is 1.67. The number of anilines is 2. The zero-order chi connectivity index (χ0) is 15.0. The number of ether oxygens (including phenoxy) is 1. The summed E-state index contributed by atoms with van der Waals surface area (Å²) in [4.78, 5) is 22.2. The number of hydrogen-bond acceptors (Lipinski definition) is 5. The Bertz CT molecular complexity index is 596. The van der Waals surface area contributed by atoms with E-state index in [1.807, 2.05) is 0 Å². The third-order valence-corrected chi connectivity index (χ3v) is 4.10. The molecule has 1 saturated carbocycles. The van der Waals surface area contributed by atoms with Crippen molar-refractivity contribution in [2.75, 3.05) is 17.7 Å². The van der Waals surface area contributed by atoms with Crippen molar-refractivity contribution < 1.29 is 14.5 Å². The monoisotopic (exact) mass is 291 g/mol. The third kappa shape index (κ3) is 2.69. The van der Waals surface area contributed by atoms with Crippen molar-refractivity contribution in [3.05, 3.63) is 27.8 Å². The van der Waals surface area contributed by atoms with Gasteiger partial charge in [-0.25, -0.2) is 0 Å². The van der Waals surface area contributed by atoms with E-state index in [-0.39, 0.29) is 23.7 Å². The van der Waals surface area contributed by atoms with Crippen LogP contribution in [0.2, 0.25) is 0 Å². The molecule has 1 amide bonds. The normalized spacial score (nSPS) is 23.8. The van der Waals surface area contributed by atoms with Gasteiger partial charge in [0, 0.05) is 25.6 Å². The standard InChI is InChI=1S/C14H17N3O4/c1-21-10-5-9(6-10)15-12-4-8-2-3-14(18)16-11(8)7-13(12)17(19)20/h4,7,9-10,15H,2-3,5-6H2,1H3,(H,16,18). The first-order valence-corrected chi connectivity index (χ1v) is 6.97. The first-order valence-electron chi connectivity index (χ1n) is 6.97. The molecule has 112 valence electrons. The van der Waals surface area contributed by atoms with Crippen LogP contribution in [0.25, 0.3) is 0 Å². The lowest BCUT2D eigenvalue weighted by Gasteiger charge is -2.35. The van der Waals surface area contributed by atoms with Crippen molar-refractivity contribution >= 4 is 23.0 Å². The highest BCUT2D eigenvalue weighted by Gasteiger charge is 2.31. The fraction of sp³-hybridized carbons (Fsp3) is 0.500. The van der Waals surface area contributed by atoms with Gasteiger partial charge < -0.3 is 15.4 Å². The molecule has 1 aliphatic heterocycles. The zero-order valence-electron chi connectivity index (χ0n) is 11.7. The molecule has 0 spiro atoms. The van der Waals surface area contributed by atoms with Crippen LogP contribution in [0.15, 0.2) is 12.1 Å². The summed E-state index contributed by atoms with van der Waals surface area (Å²) < 4.78 is 5.21. The van der Waals surface area contributed by atoms with E-state index in [0.29, 0.717) is 24.2 Å². The summed E-state index contributed by atoms with van der Waals surface area (Å²) in [6, 6.07) is 3.43. The average molecular weight is 291 g/mol. The predicted octanol–water partition coefficient (Wildman–Crippen LogP) is 2.07. The molecular weight excluding hydrogens is 274 g/mol. The number of benzene rings is 1. The minimum Gasteiger partial charge on any atom is -0.381 e. The van der Waals surface area contributed by atoms with E-state index in [2.05, 4.69) is 10.6 Å². The van der Waals surface area contributed by atoms with Gasteiger partial charge in [0.15, 0.2) is 0 Å². The second-order valence-electron chi connectivity index (χ2n) is 5.50. The molecular formula is C14H17N3O4. The van der Waals surface area contributed by atoms with Crippen LogP contribution in [-0.4, -0.2) is 30.1 Å². The summed E-state index contributed by atoms with van der Waals surface area (Å²) in [6.45, 7) is 0. The molecule has 1 aromatic rings. The van der Waals surface area contributed by atoms with Crippen LogP contribution in [0, 0.1) is 10.1 Å². The molecule has 1 aromatic carbocycles. The number of nitrogens with zero attached hydrogens (tertiary/aromatic N) is 1. The number of carbonyl (C=O) groups excluding carboxylic acids is 1. The van der Waals surface area contributed by atoms with Gasteiger partial charge in [0.2, 0.25) is 5.91 Å². The number of fused-ring (bicyclic) bond motifs is 1. The van der Waals surface area contributed by atoms with Crippen LogP contribution in [0.5, 0.6) is 0 Å². The topological polar surface area (TPSA) is 93.5 Å². The molecule has 7 heteroatoms. The highest BCUT2D eigenvalue weighted by atomic mass is 16.6. The smallest absolute Gasteiger partial charge is 0.294 e. The van der Waals surface area contributed by atoms with Gasteiger partial charge >= 0.3 is 0 Å². The Morgan fingerprint density at radius 3 is 2.81 bits per heavy atom. The maximum atomic E-state index is 11.4. The van der Waals surface area contributed by atoms with Crippen molar-refractivity contribution in [2.45, 2.75) is 37.8 Å². The lowest BCUT2D eigenvalue weighted by molar-refractivity contribution is -0.383. The number of aryl methyl sites for hydroxylation is 1. The molecule has 1 heterocycles. The minimum atomic E-state index is -0.421. The number of amides is 1. The molecule has 0 atom stereocenters. The Balaban J connectivity index is 1.85. The van der Waals surface area contributed by atoms with E-state index in [0.717, 1.165) is 18.4 Å². The van der Waals surface area contributed by atoms with Crippen molar-refractivity contribution in [3.63, 3.8) is 0 Å². The fourth-order valence-electron chi connectivity index (χ4n) is 2.78. The summed E-state index contributed by atoms with van der Waals surface area (Å²) in [5.41, 5.74) is 2.00. The Kier molecular flexibility index (Phi) is 3.50. The largest absolute Gasteiger partial charge is 0.381 e. The third-order valence-electron chi connectivity index (χ3n) is 4.10. The van der Waals surface area contributed by atoms with Crippen LogP contribution in [0.1, 0.15) is 24.8 Å². The first-order chi connectivity index (χ1) is 10.1. The predicted molar refractivity (Wildman–Crippen MR) is 77.5 cm³/mol. The van der Waals surface area contributed by atoms with Gasteiger partial charge in [-0.15, -0.1) is 0 Å². The lowest BCUT2D eigenvalue weighted by Crippen LogP contribution is -2.40. The van der Waals surface area contributed by atoms with E-state index in [1.165, 1.54) is 6.07 Å². The van der Waals surface area contributed by atoms with E-state index in [9.17, 15) is 14.9 Å². The number of rotatable bonds is 4. The van der Waals surface area contributed by atoms with Gasteiger partial charge in [-0.3, -0.25) is 14.9 Å². The van der Waals surface area contributed by atoms with Gasteiger partial charge in [0.1, 0.15) is 5.69 Å². The summed E-state index contributed by atoms with van der Waals surface area (Å²) in [5, 5.41) is 17.1. The van der Waals surface area contributed by atoms with Crippen molar-refractivity contribution in [1.82, 2.24) is 0 Å². The Hall–Kier alpha value is -2.15. The van der Waals surface area contributed by atoms with Gasteiger partial charge in [0.05, 0.1) is 16.7 Å². The zero-order valence-corrected chi connectivity index (χ0v) is 11.7. The lowest BCUT2D eigenvalue weighted by atomic mass is 9.89. The van der Waals surface area contributed by atoms with Crippen molar-refractivity contribution in [2.24, 2.45) is 0 Å². The summed E-state index contributed by atoms with van der Waals surface area (Å²) >= 11 is 0. The molecule has 0 unspecified atom stereocenters. The maximum absolute atomic E-state index is 11.4. The maximum Gasteiger partial charge on any atom is 0.294 e. The van der Waals surface area contributed by atoms with Crippen molar-refractivity contribution in [3.8, 4) is 0 Å². The quantitative estimate of drug-likeness (QED) is 0.654. The molecule has 7 nitrogen and oxygen atoms in total. The molecule has 2 aliphatic rings. The van der Waals surface area contributed by atoms with Crippen LogP contribution in [-0.2, 0) is 16.0 Å². The highest BCUT2D eigenvalue weighted by Crippen LogP contribution is 2.36. The average Bonchev–Trinajstić information content (AvgIpc) is 2.41. The number of methoxy groups -OCH3 is 1. The molecule has 0 radical (unpaired) electrons. The van der Waals surface area contributed by atoms with E-state index >= 15 is 0 Å². The summed E-state index contributed by atoms with van der Waals surface area (Å²) in [6.07, 6.45) is 2.96. The molecule has 1 fully saturated rings. The summed E-state index contributed by atoms with van der Waals surface area (Å²) in [5.74, 6) is -0.0977. The molecule has 21 heavy (non-hydrogen) atoms. The Labute approximate surface area is 121 Å². The number of hydrogen-bond donors (Lipinski definition) is 2. The van der Waals surface area contributed by atoms with E-state index in [4.69, 9.17) is 4.74 Å². The first kappa shape index (κ1) is 13.8. The molecule has 1 aliphatic carbocycles. The number of nitro groups is 1. The van der Waals surface area contributed by atoms with E-state index in [1.54, 1.807) is 13.2 Å². The van der Waals surface area contributed by atoms with Crippen LogP contribution < -0.4 is 10.6 Å². The highest BCUT2D eigenvalue weighted by molar-refractivity contribution is 5.95. The van der Waals surface area contributed by atoms with E-state index < -0.39 is 4.92 Å². The second kappa shape index (κ2) is 5.33. The number of nitrogens with one attached hydrogen (secondary N) is 2. The van der Waals surface area contributed by atoms with Gasteiger partial charge in [-0.05, 0) is 30.9 Å². The van der Waals surface area contributed by atoms with Crippen LogP contribution >= 0.6 is 0 Å². The fourth-order valence-corrected chi connectivity index (χ4v) is 2.78. The Morgan fingerprint density at radius 1 is 1.38 bits per heavy atom. The molecule has 0 bridgehead atoms. The minimum absolute atomic E-state index is 0.00295. The molecule has 2 N–H and O–H groups in total. The Morgan fingerprint density at radius 2 is 2.14 bits per heavy atom. The van der Waals surface area contributed by atoms with Crippen LogP contribution in [0.3, 0.4) is 0 Å². The molecule has 3 rings (SSSR count).